The Morgan fingerprint density at radius 1 is 1.14 bits per heavy atom. The van der Waals surface area contributed by atoms with Crippen molar-refractivity contribution in [3.8, 4) is 22.6 Å². The second-order valence-electron chi connectivity index (χ2n) is 4.80. The van der Waals surface area contributed by atoms with Crippen LogP contribution in [0.3, 0.4) is 0 Å². The highest BCUT2D eigenvalue weighted by Crippen LogP contribution is 2.37. The van der Waals surface area contributed by atoms with Crippen LogP contribution in [0.1, 0.15) is 18.9 Å². The van der Waals surface area contributed by atoms with Crippen molar-refractivity contribution in [2.75, 3.05) is 20.8 Å². The SMILES string of the molecule is CCCNCc1cncc(-c2cccc(OC)c2OC)c1. The van der Waals surface area contributed by atoms with Crippen LogP contribution in [0.4, 0.5) is 0 Å². The molecule has 0 radical (unpaired) electrons. The largest absolute Gasteiger partial charge is 0.493 e. The van der Waals surface area contributed by atoms with Gasteiger partial charge in [-0.1, -0.05) is 19.1 Å². The van der Waals surface area contributed by atoms with Crippen LogP contribution in [0.5, 0.6) is 11.5 Å². The maximum absolute atomic E-state index is 5.49. The van der Waals surface area contributed by atoms with Gasteiger partial charge in [-0.3, -0.25) is 4.98 Å². The van der Waals surface area contributed by atoms with Crippen molar-refractivity contribution in [3.05, 3.63) is 42.2 Å². The van der Waals surface area contributed by atoms with Crippen molar-refractivity contribution in [1.82, 2.24) is 10.3 Å². The molecule has 1 aromatic carbocycles. The second-order valence-corrected chi connectivity index (χ2v) is 4.80. The summed E-state index contributed by atoms with van der Waals surface area (Å²) in [5, 5.41) is 3.39. The summed E-state index contributed by atoms with van der Waals surface area (Å²) in [6, 6.07) is 8.00. The average molecular weight is 286 g/mol. The molecule has 0 aliphatic carbocycles. The van der Waals surface area contributed by atoms with Gasteiger partial charge in [0.2, 0.25) is 0 Å². The molecule has 0 saturated heterocycles. The van der Waals surface area contributed by atoms with Gasteiger partial charge in [0.1, 0.15) is 0 Å². The third-order valence-corrected chi connectivity index (χ3v) is 3.26. The van der Waals surface area contributed by atoms with E-state index in [-0.39, 0.29) is 0 Å². The molecule has 0 aliphatic rings. The number of hydrogen-bond donors (Lipinski definition) is 1. The zero-order chi connectivity index (χ0) is 15.1. The van der Waals surface area contributed by atoms with Gasteiger partial charge in [-0.15, -0.1) is 0 Å². The first kappa shape index (κ1) is 15.3. The van der Waals surface area contributed by atoms with E-state index in [4.69, 9.17) is 9.47 Å². The minimum atomic E-state index is 0.726. The van der Waals surface area contributed by atoms with Crippen molar-refractivity contribution in [3.63, 3.8) is 0 Å². The highest BCUT2D eigenvalue weighted by Gasteiger charge is 2.11. The average Bonchev–Trinajstić information content (AvgIpc) is 2.54. The number of benzene rings is 1. The predicted molar refractivity (Wildman–Crippen MR) is 84.8 cm³/mol. The summed E-state index contributed by atoms with van der Waals surface area (Å²) in [6.45, 7) is 3.98. The number of ether oxygens (including phenoxy) is 2. The van der Waals surface area contributed by atoms with Crippen molar-refractivity contribution < 1.29 is 9.47 Å². The van der Waals surface area contributed by atoms with Crippen molar-refractivity contribution >= 4 is 0 Å². The van der Waals surface area contributed by atoms with E-state index < -0.39 is 0 Å². The molecule has 2 aromatic rings. The van der Waals surface area contributed by atoms with Crippen molar-refractivity contribution in [2.45, 2.75) is 19.9 Å². The molecule has 1 N–H and O–H groups in total. The summed E-state index contributed by atoms with van der Waals surface area (Å²) >= 11 is 0. The molecule has 0 aliphatic heterocycles. The van der Waals surface area contributed by atoms with Gasteiger partial charge in [-0.05, 0) is 30.7 Å². The van der Waals surface area contributed by atoms with Crippen molar-refractivity contribution in [1.29, 1.82) is 0 Å². The number of aromatic nitrogens is 1. The quantitative estimate of drug-likeness (QED) is 0.793. The van der Waals surface area contributed by atoms with E-state index >= 15 is 0 Å². The zero-order valence-electron chi connectivity index (χ0n) is 12.8. The number of nitrogens with zero attached hydrogens (tertiary/aromatic N) is 1. The molecular formula is C17H22N2O2. The lowest BCUT2D eigenvalue weighted by molar-refractivity contribution is 0.356. The minimum absolute atomic E-state index is 0.726. The molecule has 4 nitrogen and oxygen atoms in total. The number of nitrogens with one attached hydrogen (secondary N) is 1. The van der Waals surface area contributed by atoms with Crippen LogP contribution in [0.2, 0.25) is 0 Å². The topological polar surface area (TPSA) is 43.4 Å². The summed E-state index contributed by atoms with van der Waals surface area (Å²) in [7, 11) is 3.30. The van der Waals surface area contributed by atoms with E-state index in [0.717, 1.165) is 47.7 Å². The van der Waals surface area contributed by atoms with E-state index in [0.29, 0.717) is 0 Å². The normalized spacial score (nSPS) is 10.4. The number of para-hydroxylation sites is 1. The lowest BCUT2D eigenvalue weighted by Crippen LogP contribution is -2.13. The Morgan fingerprint density at radius 3 is 2.71 bits per heavy atom. The Hall–Kier alpha value is -2.07. The fourth-order valence-electron chi connectivity index (χ4n) is 2.26. The summed E-state index contributed by atoms with van der Waals surface area (Å²) in [5.41, 5.74) is 3.18. The van der Waals surface area contributed by atoms with Crippen LogP contribution in [-0.2, 0) is 6.54 Å². The smallest absolute Gasteiger partial charge is 0.168 e. The van der Waals surface area contributed by atoms with E-state index in [1.165, 1.54) is 0 Å². The summed E-state index contributed by atoms with van der Waals surface area (Å²) in [4.78, 5) is 4.33. The summed E-state index contributed by atoms with van der Waals surface area (Å²) in [5.74, 6) is 1.46. The molecule has 1 heterocycles. The van der Waals surface area contributed by atoms with Gasteiger partial charge < -0.3 is 14.8 Å². The molecule has 0 unspecified atom stereocenters. The molecule has 112 valence electrons. The lowest BCUT2D eigenvalue weighted by atomic mass is 10.0. The Bertz CT molecular complexity index is 585. The number of pyridine rings is 1. The molecule has 4 heteroatoms. The first-order chi connectivity index (χ1) is 10.3. The maximum Gasteiger partial charge on any atom is 0.168 e. The van der Waals surface area contributed by atoms with Gasteiger partial charge in [0.05, 0.1) is 14.2 Å². The molecular weight excluding hydrogens is 264 g/mol. The van der Waals surface area contributed by atoms with Gasteiger partial charge in [0.15, 0.2) is 11.5 Å². The highest BCUT2D eigenvalue weighted by molar-refractivity contribution is 5.73. The third kappa shape index (κ3) is 3.73. The number of hydrogen-bond acceptors (Lipinski definition) is 4. The summed E-state index contributed by atoms with van der Waals surface area (Å²) in [6.07, 6.45) is 4.86. The number of rotatable bonds is 7. The lowest BCUT2D eigenvalue weighted by Gasteiger charge is -2.13. The Kier molecular flexibility index (Phi) is 5.58. The molecule has 0 amide bonds. The monoisotopic (exact) mass is 286 g/mol. The number of methoxy groups -OCH3 is 2. The Labute approximate surface area is 126 Å². The molecule has 0 saturated carbocycles. The zero-order valence-corrected chi connectivity index (χ0v) is 12.8. The Morgan fingerprint density at radius 2 is 2.00 bits per heavy atom. The van der Waals surface area contributed by atoms with E-state index in [9.17, 15) is 0 Å². The van der Waals surface area contributed by atoms with Crippen LogP contribution in [0, 0.1) is 0 Å². The van der Waals surface area contributed by atoms with E-state index in [2.05, 4.69) is 23.3 Å². The van der Waals surface area contributed by atoms with Gasteiger partial charge in [-0.2, -0.15) is 0 Å². The molecule has 2 rings (SSSR count). The van der Waals surface area contributed by atoms with Gasteiger partial charge >= 0.3 is 0 Å². The third-order valence-electron chi connectivity index (χ3n) is 3.26. The van der Waals surface area contributed by atoms with E-state index in [1.807, 2.05) is 30.6 Å². The fourth-order valence-corrected chi connectivity index (χ4v) is 2.26. The van der Waals surface area contributed by atoms with Gasteiger partial charge in [-0.25, -0.2) is 0 Å². The molecule has 1 aromatic heterocycles. The molecule has 0 spiro atoms. The van der Waals surface area contributed by atoms with Crippen LogP contribution < -0.4 is 14.8 Å². The van der Waals surface area contributed by atoms with Gasteiger partial charge in [0, 0.05) is 30.1 Å². The van der Waals surface area contributed by atoms with Crippen LogP contribution in [0.25, 0.3) is 11.1 Å². The molecule has 0 fully saturated rings. The first-order valence-electron chi connectivity index (χ1n) is 7.16. The van der Waals surface area contributed by atoms with E-state index in [1.54, 1.807) is 14.2 Å². The summed E-state index contributed by atoms with van der Waals surface area (Å²) < 4.78 is 10.8. The van der Waals surface area contributed by atoms with Crippen LogP contribution >= 0.6 is 0 Å². The molecule has 21 heavy (non-hydrogen) atoms. The van der Waals surface area contributed by atoms with Gasteiger partial charge in [0.25, 0.3) is 0 Å². The minimum Gasteiger partial charge on any atom is -0.493 e. The Balaban J connectivity index is 2.31. The first-order valence-corrected chi connectivity index (χ1v) is 7.16. The van der Waals surface area contributed by atoms with Crippen LogP contribution in [0.15, 0.2) is 36.7 Å². The molecule has 0 bridgehead atoms. The van der Waals surface area contributed by atoms with Crippen molar-refractivity contribution in [2.24, 2.45) is 0 Å². The standard InChI is InChI=1S/C17H22N2O2/c1-4-8-18-10-13-9-14(12-19-11-13)15-6-5-7-16(20-2)17(15)21-3/h5-7,9,11-12,18H,4,8,10H2,1-3H3. The predicted octanol–water partition coefficient (Wildman–Crippen LogP) is 3.27. The van der Waals surface area contributed by atoms with Crippen LogP contribution in [-0.4, -0.2) is 25.7 Å². The fraction of sp³-hybridized carbons (Fsp3) is 0.353. The second kappa shape index (κ2) is 7.64. The highest BCUT2D eigenvalue weighted by atomic mass is 16.5. The maximum atomic E-state index is 5.49. The molecule has 0 atom stereocenters.